The van der Waals surface area contributed by atoms with Gasteiger partial charge in [0.25, 0.3) is 5.91 Å². The summed E-state index contributed by atoms with van der Waals surface area (Å²) >= 11 is 0. The summed E-state index contributed by atoms with van der Waals surface area (Å²) < 4.78 is 0. The Morgan fingerprint density at radius 1 is 1.11 bits per heavy atom. The number of nitrogens with one attached hydrogen (secondary N) is 1. The molecule has 2 amide bonds. The fourth-order valence-electron chi connectivity index (χ4n) is 2.61. The van der Waals surface area contributed by atoms with Crippen molar-refractivity contribution in [3.05, 3.63) is 83.6 Å². The minimum absolute atomic E-state index is 0.157. The molecule has 0 spiro atoms. The second-order valence-electron chi connectivity index (χ2n) is 5.88. The van der Waals surface area contributed by atoms with E-state index in [4.69, 9.17) is 5.73 Å². The summed E-state index contributed by atoms with van der Waals surface area (Å²) in [6.07, 6.45) is 1.25. The van der Waals surface area contributed by atoms with Gasteiger partial charge in [-0.25, -0.2) is 0 Å². The molecular weight excluding hydrogens is 340 g/mol. The maximum absolute atomic E-state index is 12.7. The third-order valence-corrected chi connectivity index (χ3v) is 3.97. The molecule has 0 fully saturated rings. The van der Waals surface area contributed by atoms with E-state index >= 15 is 0 Å². The summed E-state index contributed by atoms with van der Waals surface area (Å²) in [6.45, 7) is 1.82. The highest BCUT2D eigenvalue weighted by atomic mass is 16.2. The van der Waals surface area contributed by atoms with Gasteiger partial charge in [-0.15, -0.1) is 0 Å². The van der Waals surface area contributed by atoms with Crippen LogP contribution in [0.2, 0.25) is 0 Å². The second kappa shape index (κ2) is 9.90. The van der Waals surface area contributed by atoms with Crippen LogP contribution in [-0.4, -0.2) is 29.8 Å². The van der Waals surface area contributed by atoms with Crippen molar-refractivity contribution in [3.8, 4) is 6.07 Å². The first-order valence-corrected chi connectivity index (χ1v) is 8.56. The Hall–Kier alpha value is -3.43. The average Bonchev–Trinajstić information content (AvgIpc) is 2.70. The molecule has 6 heteroatoms. The lowest BCUT2D eigenvalue weighted by atomic mass is 9.98. The highest BCUT2D eigenvalue weighted by Crippen LogP contribution is 2.22. The summed E-state index contributed by atoms with van der Waals surface area (Å²) in [5, 5.41) is 12.3. The highest BCUT2D eigenvalue weighted by Gasteiger charge is 2.20. The number of benzene rings is 2. The maximum Gasteiger partial charge on any atom is 0.264 e. The van der Waals surface area contributed by atoms with Gasteiger partial charge in [0.05, 0.1) is 6.04 Å². The van der Waals surface area contributed by atoms with Gasteiger partial charge < -0.3 is 16.0 Å². The zero-order chi connectivity index (χ0) is 19.6. The number of nitrogens with two attached hydrogens (primary N) is 1. The van der Waals surface area contributed by atoms with Crippen molar-refractivity contribution < 1.29 is 9.59 Å². The van der Waals surface area contributed by atoms with E-state index in [0.29, 0.717) is 0 Å². The van der Waals surface area contributed by atoms with Crippen LogP contribution in [0.3, 0.4) is 0 Å². The van der Waals surface area contributed by atoms with Crippen molar-refractivity contribution in [2.24, 2.45) is 5.73 Å². The van der Waals surface area contributed by atoms with Crippen LogP contribution in [0.1, 0.15) is 24.1 Å². The lowest BCUT2D eigenvalue weighted by Crippen LogP contribution is -2.33. The van der Waals surface area contributed by atoms with Gasteiger partial charge in [-0.2, -0.15) is 5.26 Å². The molecule has 0 heterocycles. The van der Waals surface area contributed by atoms with Crippen LogP contribution in [0.15, 0.2) is 72.4 Å². The van der Waals surface area contributed by atoms with Crippen LogP contribution in [0.4, 0.5) is 0 Å². The van der Waals surface area contributed by atoms with E-state index in [9.17, 15) is 14.9 Å². The van der Waals surface area contributed by atoms with Crippen molar-refractivity contribution in [2.45, 2.75) is 13.0 Å². The van der Waals surface area contributed by atoms with Gasteiger partial charge in [0.1, 0.15) is 11.6 Å². The fraction of sp³-hybridized carbons (Fsp3) is 0.190. The number of hydrogen-bond donors (Lipinski definition) is 2. The van der Waals surface area contributed by atoms with E-state index in [-0.39, 0.29) is 24.6 Å². The van der Waals surface area contributed by atoms with Crippen molar-refractivity contribution in [3.63, 3.8) is 0 Å². The molecule has 0 aliphatic carbocycles. The number of nitriles is 1. The Labute approximate surface area is 158 Å². The Morgan fingerprint density at radius 2 is 1.63 bits per heavy atom. The molecule has 0 saturated heterocycles. The lowest BCUT2D eigenvalue weighted by Gasteiger charge is -2.20. The minimum atomic E-state index is -0.557. The predicted octanol–water partition coefficient (Wildman–Crippen LogP) is 2.11. The van der Waals surface area contributed by atoms with Gasteiger partial charge in [0, 0.05) is 26.2 Å². The normalized spacial score (nSPS) is 11.0. The van der Waals surface area contributed by atoms with E-state index in [1.54, 1.807) is 0 Å². The molecule has 0 aliphatic rings. The average molecular weight is 362 g/mol. The quantitative estimate of drug-likeness (QED) is 0.582. The molecule has 0 bridgehead atoms. The number of carbonyl (C=O) groups is 2. The van der Waals surface area contributed by atoms with Crippen LogP contribution in [-0.2, 0) is 9.59 Å². The van der Waals surface area contributed by atoms with Gasteiger partial charge in [0.2, 0.25) is 5.91 Å². The SMILES string of the molecule is CC(=O)N(/C=C(/C#N)C(=O)NC(c1ccccc1)c1ccccc1)CCN. The van der Waals surface area contributed by atoms with Crippen molar-refractivity contribution in [2.75, 3.05) is 13.1 Å². The van der Waals surface area contributed by atoms with Gasteiger partial charge >= 0.3 is 0 Å². The molecular formula is C21H22N4O2. The van der Waals surface area contributed by atoms with E-state index in [2.05, 4.69) is 5.32 Å². The molecule has 27 heavy (non-hydrogen) atoms. The molecule has 0 aliphatic heterocycles. The summed E-state index contributed by atoms with van der Waals surface area (Å²) in [5.41, 5.74) is 7.11. The Morgan fingerprint density at radius 3 is 2.04 bits per heavy atom. The van der Waals surface area contributed by atoms with E-state index in [0.717, 1.165) is 11.1 Å². The molecule has 2 aromatic rings. The topological polar surface area (TPSA) is 99.2 Å². The number of hydrogen-bond acceptors (Lipinski definition) is 4. The van der Waals surface area contributed by atoms with E-state index in [1.165, 1.54) is 18.0 Å². The van der Waals surface area contributed by atoms with Crippen molar-refractivity contribution >= 4 is 11.8 Å². The van der Waals surface area contributed by atoms with Crippen LogP contribution < -0.4 is 11.1 Å². The van der Waals surface area contributed by atoms with Gasteiger partial charge in [0.15, 0.2) is 0 Å². The first kappa shape index (κ1) is 19.9. The number of carbonyl (C=O) groups excluding carboxylic acids is 2. The third-order valence-electron chi connectivity index (χ3n) is 3.97. The minimum Gasteiger partial charge on any atom is -0.340 e. The first-order chi connectivity index (χ1) is 13.1. The Balaban J connectivity index is 2.32. The largest absolute Gasteiger partial charge is 0.340 e. The maximum atomic E-state index is 12.7. The monoisotopic (exact) mass is 362 g/mol. The number of nitrogens with zero attached hydrogens (tertiary/aromatic N) is 2. The predicted molar refractivity (Wildman–Crippen MR) is 103 cm³/mol. The Bertz CT molecular complexity index is 802. The molecule has 3 N–H and O–H groups in total. The molecule has 6 nitrogen and oxygen atoms in total. The molecule has 2 rings (SSSR count). The molecule has 0 unspecified atom stereocenters. The molecule has 2 aromatic carbocycles. The van der Waals surface area contributed by atoms with Crippen molar-refractivity contribution in [1.82, 2.24) is 10.2 Å². The highest BCUT2D eigenvalue weighted by molar-refractivity contribution is 5.98. The number of rotatable bonds is 7. The standard InChI is InChI=1S/C21H22N4O2/c1-16(26)25(13-12-22)15-19(14-23)21(27)24-20(17-8-4-2-5-9-17)18-10-6-3-7-11-18/h2-11,15,20H,12-13,22H2,1H3,(H,24,27)/b19-15-. The molecule has 0 radical (unpaired) electrons. The summed E-state index contributed by atoms with van der Waals surface area (Å²) in [7, 11) is 0. The van der Waals surface area contributed by atoms with Crippen molar-refractivity contribution in [1.29, 1.82) is 5.26 Å². The second-order valence-corrected chi connectivity index (χ2v) is 5.88. The Kier molecular flexibility index (Phi) is 7.29. The van der Waals surface area contributed by atoms with Gasteiger partial charge in [-0.05, 0) is 11.1 Å². The van der Waals surface area contributed by atoms with Gasteiger partial charge in [-0.1, -0.05) is 60.7 Å². The zero-order valence-corrected chi connectivity index (χ0v) is 15.1. The summed E-state index contributed by atoms with van der Waals surface area (Å²) in [6, 6.07) is 20.4. The van der Waals surface area contributed by atoms with Gasteiger partial charge in [-0.3, -0.25) is 9.59 Å². The zero-order valence-electron chi connectivity index (χ0n) is 15.1. The first-order valence-electron chi connectivity index (χ1n) is 8.56. The van der Waals surface area contributed by atoms with Crippen LogP contribution in [0.25, 0.3) is 0 Å². The third kappa shape index (κ3) is 5.53. The smallest absolute Gasteiger partial charge is 0.264 e. The van der Waals surface area contributed by atoms with E-state index < -0.39 is 11.9 Å². The lowest BCUT2D eigenvalue weighted by molar-refractivity contribution is -0.126. The molecule has 0 aromatic heterocycles. The molecule has 0 atom stereocenters. The fourth-order valence-corrected chi connectivity index (χ4v) is 2.61. The van der Waals surface area contributed by atoms with Crippen LogP contribution >= 0.6 is 0 Å². The summed E-state index contributed by atoms with van der Waals surface area (Å²) in [4.78, 5) is 25.6. The number of amides is 2. The van der Waals surface area contributed by atoms with E-state index in [1.807, 2.05) is 66.7 Å². The molecule has 138 valence electrons. The molecule has 0 saturated carbocycles. The summed E-state index contributed by atoms with van der Waals surface area (Å²) in [5.74, 6) is -0.845. The van der Waals surface area contributed by atoms with Crippen LogP contribution in [0.5, 0.6) is 0 Å². The van der Waals surface area contributed by atoms with Crippen LogP contribution in [0, 0.1) is 11.3 Å².